The normalized spacial score (nSPS) is 13.0. The first kappa shape index (κ1) is 15.3. The minimum atomic E-state index is 0.667. The Bertz CT molecular complexity index is 112. The highest BCUT2D eigenvalue weighted by Gasteiger charge is 2.01. The summed E-state index contributed by atoms with van der Waals surface area (Å²) in [6.45, 7) is 4.54. The molecule has 0 fully saturated rings. The Balaban J connectivity index is 3.02. The number of unbranched alkanes of at least 4 members (excludes halogenated alkanes) is 7. The van der Waals surface area contributed by atoms with Crippen LogP contribution in [0.1, 0.15) is 84.5 Å². The van der Waals surface area contributed by atoms with E-state index in [1.807, 2.05) is 0 Å². The van der Waals surface area contributed by atoms with E-state index < -0.39 is 0 Å². The first-order valence-electron chi connectivity index (χ1n) is 6.99. The Hall–Kier alpha value is 0.350. The molecule has 0 saturated heterocycles. The molecule has 0 nitrogen and oxygen atoms in total. The summed E-state index contributed by atoms with van der Waals surface area (Å²) < 4.78 is 0. The van der Waals surface area contributed by atoms with Gasteiger partial charge in [0.15, 0.2) is 0 Å². The summed E-state index contributed by atoms with van der Waals surface area (Å²) in [5.41, 5.74) is 0. The third kappa shape index (κ3) is 12.3. The van der Waals surface area contributed by atoms with Gasteiger partial charge >= 0.3 is 0 Å². The van der Waals surface area contributed by atoms with Crippen molar-refractivity contribution < 1.29 is 0 Å². The summed E-state index contributed by atoms with van der Waals surface area (Å²) >= 11 is 4.62. The zero-order valence-corrected chi connectivity index (χ0v) is 11.7. The smallest absolute Gasteiger partial charge is 0.00168 e. The van der Waals surface area contributed by atoms with Gasteiger partial charge in [0.2, 0.25) is 0 Å². The van der Waals surface area contributed by atoms with Gasteiger partial charge in [0.05, 0.1) is 0 Å². The Morgan fingerprint density at radius 3 is 1.73 bits per heavy atom. The van der Waals surface area contributed by atoms with Crippen LogP contribution in [-0.2, 0) is 0 Å². The molecule has 0 rings (SSSR count). The van der Waals surface area contributed by atoms with Gasteiger partial charge in [0.25, 0.3) is 0 Å². The maximum Gasteiger partial charge on any atom is 0.00168 e. The van der Waals surface area contributed by atoms with Gasteiger partial charge < -0.3 is 0 Å². The highest BCUT2D eigenvalue weighted by Crippen LogP contribution is 2.16. The van der Waals surface area contributed by atoms with Crippen molar-refractivity contribution in [1.29, 1.82) is 0 Å². The van der Waals surface area contributed by atoms with Crippen molar-refractivity contribution in [1.82, 2.24) is 0 Å². The fourth-order valence-corrected chi connectivity index (χ4v) is 2.29. The van der Waals surface area contributed by atoms with E-state index in [1.54, 1.807) is 0 Å². The van der Waals surface area contributed by atoms with Crippen molar-refractivity contribution >= 4 is 12.6 Å². The Morgan fingerprint density at radius 1 is 0.667 bits per heavy atom. The summed E-state index contributed by atoms with van der Waals surface area (Å²) in [6, 6.07) is 0. The van der Waals surface area contributed by atoms with Gasteiger partial charge in [0.1, 0.15) is 0 Å². The molecule has 0 aliphatic heterocycles. The molecule has 1 unspecified atom stereocenters. The molecule has 92 valence electrons. The molecule has 1 heteroatoms. The molecule has 0 radical (unpaired) electrons. The van der Waals surface area contributed by atoms with Crippen LogP contribution in [0.4, 0.5) is 0 Å². The first-order chi connectivity index (χ1) is 7.31. The molecule has 0 saturated carbocycles. The van der Waals surface area contributed by atoms with E-state index in [2.05, 4.69) is 26.5 Å². The van der Waals surface area contributed by atoms with Crippen LogP contribution in [-0.4, -0.2) is 5.25 Å². The lowest BCUT2D eigenvalue weighted by atomic mass is 10.1. The highest BCUT2D eigenvalue weighted by molar-refractivity contribution is 7.80. The van der Waals surface area contributed by atoms with Gasteiger partial charge in [-0.25, -0.2) is 0 Å². The predicted octanol–water partition coefficient (Wildman–Crippen LogP) is 5.62. The maximum absolute atomic E-state index is 4.62. The minimum absolute atomic E-state index is 0.667. The molecule has 0 aromatic heterocycles. The summed E-state index contributed by atoms with van der Waals surface area (Å²) in [4.78, 5) is 0. The second kappa shape index (κ2) is 12.4. The first-order valence-corrected chi connectivity index (χ1v) is 7.51. The summed E-state index contributed by atoms with van der Waals surface area (Å²) in [5.74, 6) is 0. The van der Waals surface area contributed by atoms with Crippen molar-refractivity contribution in [2.24, 2.45) is 0 Å². The van der Waals surface area contributed by atoms with Gasteiger partial charge in [-0.2, -0.15) is 12.6 Å². The van der Waals surface area contributed by atoms with Crippen LogP contribution in [0.2, 0.25) is 0 Å². The second-order valence-electron chi connectivity index (χ2n) is 4.71. The van der Waals surface area contributed by atoms with Crippen LogP contribution in [0.5, 0.6) is 0 Å². The van der Waals surface area contributed by atoms with E-state index in [1.165, 1.54) is 70.6 Å². The van der Waals surface area contributed by atoms with Crippen molar-refractivity contribution in [3.63, 3.8) is 0 Å². The molecular formula is C14H30S. The van der Waals surface area contributed by atoms with Gasteiger partial charge in [-0.05, 0) is 12.8 Å². The number of thiol groups is 1. The molecule has 1 atom stereocenters. The average molecular weight is 230 g/mol. The average Bonchev–Trinajstić information content (AvgIpc) is 2.25. The summed E-state index contributed by atoms with van der Waals surface area (Å²) in [7, 11) is 0. The summed E-state index contributed by atoms with van der Waals surface area (Å²) in [5, 5.41) is 0.667. The molecule has 0 aliphatic rings. The van der Waals surface area contributed by atoms with Gasteiger partial charge in [-0.1, -0.05) is 71.6 Å². The molecule has 15 heavy (non-hydrogen) atoms. The van der Waals surface area contributed by atoms with Crippen LogP contribution in [0.3, 0.4) is 0 Å². The van der Waals surface area contributed by atoms with Crippen LogP contribution in [0, 0.1) is 0 Å². The molecule has 0 aromatic rings. The highest BCUT2D eigenvalue weighted by atomic mass is 32.1. The number of hydrogen-bond donors (Lipinski definition) is 1. The lowest BCUT2D eigenvalue weighted by Gasteiger charge is -2.09. The predicted molar refractivity (Wildman–Crippen MR) is 74.9 cm³/mol. The van der Waals surface area contributed by atoms with E-state index in [0.29, 0.717) is 5.25 Å². The standard InChI is InChI=1S/C14H30S/c1-3-5-7-8-9-10-11-13-14(15)12-6-4-2/h14-15H,3-13H2,1-2H3. The van der Waals surface area contributed by atoms with Gasteiger partial charge in [-0.15, -0.1) is 0 Å². The zero-order valence-electron chi connectivity index (χ0n) is 10.8. The quantitative estimate of drug-likeness (QED) is 0.346. The Morgan fingerprint density at radius 2 is 1.13 bits per heavy atom. The Kier molecular flexibility index (Phi) is 12.7. The Labute approximate surface area is 103 Å². The molecule has 0 N–H and O–H groups in total. The molecule has 0 amide bonds. The van der Waals surface area contributed by atoms with Gasteiger partial charge in [0, 0.05) is 5.25 Å². The van der Waals surface area contributed by atoms with Crippen molar-refractivity contribution in [3.05, 3.63) is 0 Å². The molecule has 0 heterocycles. The lowest BCUT2D eigenvalue weighted by Crippen LogP contribution is -1.98. The largest absolute Gasteiger partial charge is 0.176 e. The molecular weight excluding hydrogens is 200 g/mol. The minimum Gasteiger partial charge on any atom is -0.176 e. The van der Waals surface area contributed by atoms with Crippen molar-refractivity contribution in [2.45, 2.75) is 89.7 Å². The third-order valence-corrected chi connectivity index (χ3v) is 3.55. The van der Waals surface area contributed by atoms with E-state index in [4.69, 9.17) is 0 Å². The van der Waals surface area contributed by atoms with Crippen LogP contribution < -0.4 is 0 Å². The van der Waals surface area contributed by atoms with Crippen molar-refractivity contribution in [3.8, 4) is 0 Å². The molecule has 0 aromatic carbocycles. The second-order valence-corrected chi connectivity index (χ2v) is 5.44. The molecule has 0 aliphatic carbocycles. The van der Waals surface area contributed by atoms with Crippen LogP contribution in [0.15, 0.2) is 0 Å². The summed E-state index contributed by atoms with van der Waals surface area (Å²) in [6.07, 6.45) is 15.2. The van der Waals surface area contributed by atoms with Crippen LogP contribution in [0.25, 0.3) is 0 Å². The van der Waals surface area contributed by atoms with Crippen LogP contribution >= 0.6 is 12.6 Å². The molecule has 0 bridgehead atoms. The van der Waals surface area contributed by atoms with E-state index in [9.17, 15) is 0 Å². The monoisotopic (exact) mass is 230 g/mol. The van der Waals surface area contributed by atoms with Gasteiger partial charge in [-0.3, -0.25) is 0 Å². The van der Waals surface area contributed by atoms with E-state index >= 15 is 0 Å². The molecule has 0 spiro atoms. The zero-order chi connectivity index (χ0) is 11.4. The lowest BCUT2D eigenvalue weighted by molar-refractivity contribution is 0.555. The fourth-order valence-electron chi connectivity index (χ4n) is 1.92. The SMILES string of the molecule is CCCCCCCCCC(S)CCCC. The third-order valence-electron chi connectivity index (χ3n) is 3.03. The van der Waals surface area contributed by atoms with E-state index in [-0.39, 0.29) is 0 Å². The fraction of sp³-hybridized carbons (Fsp3) is 1.00. The topological polar surface area (TPSA) is 0 Å². The number of rotatable bonds is 11. The van der Waals surface area contributed by atoms with Crippen molar-refractivity contribution in [2.75, 3.05) is 0 Å². The number of hydrogen-bond acceptors (Lipinski definition) is 1. The maximum atomic E-state index is 4.62. The van der Waals surface area contributed by atoms with E-state index in [0.717, 1.165) is 0 Å².